The Morgan fingerprint density at radius 1 is 1.15 bits per heavy atom. The van der Waals surface area contributed by atoms with Crippen LogP contribution in [0.3, 0.4) is 0 Å². The summed E-state index contributed by atoms with van der Waals surface area (Å²) in [5, 5.41) is 6.10. The van der Waals surface area contributed by atoms with Gasteiger partial charge in [-0.25, -0.2) is 4.98 Å². The zero-order chi connectivity index (χ0) is 13.9. The number of aromatic nitrogens is 2. The summed E-state index contributed by atoms with van der Waals surface area (Å²) in [5.74, 6) is 1.04. The molecule has 0 aliphatic carbocycles. The number of fused-ring (bicyclic) bond motifs is 1. The predicted molar refractivity (Wildman–Crippen MR) is 82.7 cm³/mol. The van der Waals surface area contributed by atoms with Crippen LogP contribution in [-0.2, 0) is 7.05 Å². The minimum absolute atomic E-state index is 0.117. The van der Waals surface area contributed by atoms with E-state index in [0.29, 0.717) is 0 Å². The second-order valence-electron chi connectivity index (χ2n) is 4.96. The van der Waals surface area contributed by atoms with Gasteiger partial charge in [0.1, 0.15) is 5.82 Å². The summed E-state index contributed by atoms with van der Waals surface area (Å²) in [7, 11) is 2.04. The molecular formula is C17H19N3. The standard InChI is InChI=1S/C17H19N3/c1-3-18-16(17-19-11-12-20(17)2)15-10-6-8-13-7-4-5-9-14(13)15/h4-12,16,18H,3H2,1-2H3. The molecule has 20 heavy (non-hydrogen) atoms. The minimum atomic E-state index is 0.117. The van der Waals surface area contributed by atoms with E-state index >= 15 is 0 Å². The molecule has 0 amide bonds. The van der Waals surface area contributed by atoms with E-state index in [2.05, 4.69) is 64.3 Å². The smallest absolute Gasteiger partial charge is 0.130 e. The van der Waals surface area contributed by atoms with E-state index in [-0.39, 0.29) is 6.04 Å². The summed E-state index contributed by atoms with van der Waals surface area (Å²) in [6.45, 7) is 3.03. The van der Waals surface area contributed by atoms with E-state index in [1.165, 1.54) is 16.3 Å². The third-order valence-corrected chi connectivity index (χ3v) is 3.66. The number of nitrogens with one attached hydrogen (secondary N) is 1. The molecule has 0 aliphatic rings. The van der Waals surface area contributed by atoms with Crippen molar-refractivity contribution in [2.75, 3.05) is 6.54 Å². The summed E-state index contributed by atoms with van der Waals surface area (Å²) in [6, 6.07) is 15.1. The zero-order valence-electron chi connectivity index (χ0n) is 11.9. The Morgan fingerprint density at radius 3 is 2.70 bits per heavy atom. The summed E-state index contributed by atoms with van der Waals surface area (Å²) in [6.07, 6.45) is 3.84. The van der Waals surface area contributed by atoms with Crippen LogP contribution in [0.5, 0.6) is 0 Å². The number of aryl methyl sites for hydroxylation is 1. The van der Waals surface area contributed by atoms with Gasteiger partial charge < -0.3 is 9.88 Å². The quantitative estimate of drug-likeness (QED) is 0.784. The average Bonchev–Trinajstić information content (AvgIpc) is 2.90. The summed E-state index contributed by atoms with van der Waals surface area (Å²) in [5.41, 5.74) is 1.28. The SMILES string of the molecule is CCNC(c1cccc2ccccc12)c1nccn1C. The highest BCUT2D eigenvalue weighted by atomic mass is 15.1. The first-order chi connectivity index (χ1) is 9.81. The second-order valence-corrected chi connectivity index (χ2v) is 4.96. The maximum absolute atomic E-state index is 4.52. The van der Waals surface area contributed by atoms with Crippen LogP contribution in [0, 0.1) is 0 Å². The molecular weight excluding hydrogens is 246 g/mol. The molecule has 3 rings (SSSR count). The van der Waals surface area contributed by atoms with Crippen molar-refractivity contribution < 1.29 is 0 Å². The fourth-order valence-corrected chi connectivity index (χ4v) is 2.70. The van der Waals surface area contributed by atoms with Crippen LogP contribution in [-0.4, -0.2) is 16.1 Å². The van der Waals surface area contributed by atoms with Gasteiger partial charge in [0.05, 0.1) is 6.04 Å². The lowest BCUT2D eigenvalue weighted by Gasteiger charge is -2.20. The molecule has 102 valence electrons. The molecule has 1 unspecified atom stereocenters. The number of benzene rings is 2. The van der Waals surface area contributed by atoms with Crippen LogP contribution in [0.15, 0.2) is 54.9 Å². The van der Waals surface area contributed by atoms with Crippen molar-refractivity contribution in [1.29, 1.82) is 0 Å². The van der Waals surface area contributed by atoms with Gasteiger partial charge in [0.25, 0.3) is 0 Å². The Morgan fingerprint density at radius 2 is 1.95 bits per heavy atom. The van der Waals surface area contributed by atoms with E-state index in [9.17, 15) is 0 Å². The molecule has 1 atom stereocenters. The Labute approximate surface area is 119 Å². The van der Waals surface area contributed by atoms with Crippen molar-refractivity contribution in [2.24, 2.45) is 7.05 Å². The fourth-order valence-electron chi connectivity index (χ4n) is 2.70. The minimum Gasteiger partial charge on any atom is -0.336 e. The fraction of sp³-hybridized carbons (Fsp3) is 0.235. The number of nitrogens with zero attached hydrogens (tertiary/aromatic N) is 2. The van der Waals surface area contributed by atoms with E-state index in [0.717, 1.165) is 12.4 Å². The summed E-state index contributed by atoms with van der Waals surface area (Å²) >= 11 is 0. The van der Waals surface area contributed by atoms with E-state index in [4.69, 9.17) is 0 Å². The Balaban J connectivity index is 2.17. The molecule has 0 spiro atoms. The van der Waals surface area contributed by atoms with Gasteiger partial charge in [0.15, 0.2) is 0 Å². The second kappa shape index (κ2) is 5.47. The van der Waals surface area contributed by atoms with Crippen LogP contribution < -0.4 is 5.32 Å². The monoisotopic (exact) mass is 265 g/mol. The molecule has 1 heterocycles. The lowest BCUT2D eigenvalue weighted by molar-refractivity contribution is 0.580. The Bertz CT molecular complexity index is 710. The van der Waals surface area contributed by atoms with Crippen molar-refractivity contribution in [1.82, 2.24) is 14.9 Å². The molecule has 2 aromatic carbocycles. The predicted octanol–water partition coefficient (Wildman–Crippen LogP) is 3.27. The lowest BCUT2D eigenvalue weighted by atomic mass is 9.98. The maximum Gasteiger partial charge on any atom is 0.130 e. The van der Waals surface area contributed by atoms with Gasteiger partial charge in [0, 0.05) is 19.4 Å². The van der Waals surface area contributed by atoms with Crippen molar-refractivity contribution in [3.05, 3.63) is 66.2 Å². The van der Waals surface area contributed by atoms with Crippen LogP contribution >= 0.6 is 0 Å². The highest BCUT2D eigenvalue weighted by Gasteiger charge is 2.18. The van der Waals surface area contributed by atoms with Gasteiger partial charge in [-0.05, 0) is 22.9 Å². The molecule has 0 fully saturated rings. The van der Waals surface area contributed by atoms with E-state index in [1.807, 2.05) is 19.4 Å². The van der Waals surface area contributed by atoms with E-state index < -0.39 is 0 Å². The van der Waals surface area contributed by atoms with Gasteiger partial charge in [0.2, 0.25) is 0 Å². The largest absolute Gasteiger partial charge is 0.336 e. The van der Waals surface area contributed by atoms with Gasteiger partial charge in [-0.15, -0.1) is 0 Å². The lowest BCUT2D eigenvalue weighted by Crippen LogP contribution is -2.25. The van der Waals surface area contributed by atoms with Crippen molar-refractivity contribution in [2.45, 2.75) is 13.0 Å². The first-order valence-electron chi connectivity index (χ1n) is 6.99. The molecule has 3 aromatic rings. The third-order valence-electron chi connectivity index (χ3n) is 3.66. The van der Waals surface area contributed by atoms with Crippen molar-refractivity contribution >= 4 is 10.8 Å². The first kappa shape index (κ1) is 12.9. The summed E-state index contributed by atoms with van der Waals surface area (Å²) < 4.78 is 2.08. The maximum atomic E-state index is 4.52. The van der Waals surface area contributed by atoms with Crippen molar-refractivity contribution in [3.63, 3.8) is 0 Å². The van der Waals surface area contributed by atoms with Gasteiger partial charge >= 0.3 is 0 Å². The normalized spacial score (nSPS) is 12.7. The Hall–Kier alpha value is -2.13. The van der Waals surface area contributed by atoms with Gasteiger partial charge in [-0.1, -0.05) is 49.4 Å². The first-order valence-corrected chi connectivity index (χ1v) is 6.99. The van der Waals surface area contributed by atoms with Crippen LogP contribution in [0.4, 0.5) is 0 Å². The Kier molecular flexibility index (Phi) is 3.52. The van der Waals surface area contributed by atoms with Gasteiger partial charge in [-0.2, -0.15) is 0 Å². The molecule has 3 heteroatoms. The highest BCUT2D eigenvalue weighted by Crippen LogP contribution is 2.27. The molecule has 0 aliphatic heterocycles. The molecule has 1 aromatic heterocycles. The molecule has 0 radical (unpaired) electrons. The highest BCUT2D eigenvalue weighted by molar-refractivity contribution is 5.86. The molecule has 3 nitrogen and oxygen atoms in total. The molecule has 1 N–H and O–H groups in total. The van der Waals surface area contributed by atoms with E-state index in [1.54, 1.807) is 0 Å². The summed E-state index contributed by atoms with van der Waals surface area (Å²) in [4.78, 5) is 4.52. The number of hydrogen-bond donors (Lipinski definition) is 1. The van der Waals surface area contributed by atoms with Gasteiger partial charge in [-0.3, -0.25) is 0 Å². The molecule has 0 saturated heterocycles. The molecule has 0 saturated carbocycles. The number of imidazole rings is 1. The average molecular weight is 265 g/mol. The number of rotatable bonds is 4. The van der Waals surface area contributed by atoms with Crippen molar-refractivity contribution in [3.8, 4) is 0 Å². The molecule has 0 bridgehead atoms. The van der Waals surface area contributed by atoms with Crippen LogP contribution in [0.25, 0.3) is 10.8 Å². The number of hydrogen-bond acceptors (Lipinski definition) is 2. The van der Waals surface area contributed by atoms with Crippen LogP contribution in [0.2, 0.25) is 0 Å². The van der Waals surface area contributed by atoms with Crippen LogP contribution in [0.1, 0.15) is 24.4 Å². The zero-order valence-corrected chi connectivity index (χ0v) is 11.9. The topological polar surface area (TPSA) is 29.9 Å². The third kappa shape index (κ3) is 2.21.